The average Bonchev–Trinajstić information content (AvgIpc) is 2.63. The summed E-state index contributed by atoms with van der Waals surface area (Å²) in [5.74, 6) is 0.353. The van der Waals surface area contributed by atoms with Crippen LogP contribution in [0.25, 0.3) is 5.70 Å². The van der Waals surface area contributed by atoms with Crippen molar-refractivity contribution in [3.63, 3.8) is 0 Å². The normalized spacial score (nSPS) is 16.7. The summed E-state index contributed by atoms with van der Waals surface area (Å²) in [6.07, 6.45) is 0. The fourth-order valence-corrected chi connectivity index (χ4v) is 3.79. The summed E-state index contributed by atoms with van der Waals surface area (Å²) < 4.78 is 5.89. The van der Waals surface area contributed by atoms with Crippen molar-refractivity contribution in [3.8, 4) is 11.5 Å². The van der Waals surface area contributed by atoms with Gasteiger partial charge in [0.15, 0.2) is 22.4 Å². The number of carbonyl (C=O) groups excluding carboxylic acids is 1. The van der Waals surface area contributed by atoms with Crippen LogP contribution in [0.5, 0.6) is 11.5 Å². The smallest absolute Gasteiger partial charge is 0.171 e. The van der Waals surface area contributed by atoms with Crippen molar-refractivity contribution in [3.05, 3.63) is 62.7 Å². The summed E-state index contributed by atoms with van der Waals surface area (Å²) in [5.41, 5.74) is 2.93. The molecule has 2 aromatic carbocycles. The second-order valence-corrected chi connectivity index (χ2v) is 7.37. The zero-order valence-electron chi connectivity index (χ0n) is 14.2. The Bertz CT molecular complexity index is 913. The van der Waals surface area contributed by atoms with Gasteiger partial charge >= 0.3 is 0 Å². The van der Waals surface area contributed by atoms with Crippen molar-refractivity contribution in [1.82, 2.24) is 10.6 Å². The number of methoxy groups -OCH3 is 1. The number of hydrogen-bond acceptors (Lipinski definition) is 4. The molecular formula is C19H17IN2O3S. The van der Waals surface area contributed by atoms with Crippen LogP contribution in [0.2, 0.25) is 0 Å². The van der Waals surface area contributed by atoms with Crippen LogP contribution in [-0.2, 0) is 4.79 Å². The summed E-state index contributed by atoms with van der Waals surface area (Å²) in [5, 5.41) is 16.8. The molecule has 0 bridgehead atoms. The highest BCUT2D eigenvalue weighted by molar-refractivity contribution is 14.1. The molecule has 2 aromatic rings. The zero-order valence-corrected chi connectivity index (χ0v) is 17.1. The second-order valence-electron chi connectivity index (χ2n) is 5.80. The number of nitrogens with one attached hydrogen (secondary N) is 2. The molecule has 26 heavy (non-hydrogen) atoms. The van der Waals surface area contributed by atoms with Gasteiger partial charge in [0, 0.05) is 5.57 Å². The van der Waals surface area contributed by atoms with Crippen LogP contribution in [0.3, 0.4) is 0 Å². The molecule has 3 N–H and O–H groups in total. The number of ether oxygens (including phenoxy) is 1. The first-order valence-electron chi connectivity index (χ1n) is 7.86. The lowest BCUT2D eigenvalue weighted by Crippen LogP contribution is -2.44. The second kappa shape index (κ2) is 7.63. The van der Waals surface area contributed by atoms with Gasteiger partial charge in [-0.3, -0.25) is 4.79 Å². The van der Waals surface area contributed by atoms with E-state index in [2.05, 4.69) is 10.6 Å². The van der Waals surface area contributed by atoms with Gasteiger partial charge in [0.2, 0.25) is 0 Å². The molecule has 7 heteroatoms. The summed E-state index contributed by atoms with van der Waals surface area (Å²) in [6, 6.07) is 12.7. The van der Waals surface area contributed by atoms with Crippen LogP contribution in [0.15, 0.2) is 48.0 Å². The molecule has 134 valence electrons. The molecule has 3 rings (SSSR count). The Labute approximate surface area is 170 Å². The van der Waals surface area contributed by atoms with E-state index in [1.54, 1.807) is 6.07 Å². The van der Waals surface area contributed by atoms with E-state index in [1.807, 2.05) is 59.0 Å². The maximum Gasteiger partial charge on any atom is 0.171 e. The lowest BCUT2D eigenvalue weighted by Gasteiger charge is -2.31. The minimum Gasteiger partial charge on any atom is -0.504 e. The lowest BCUT2D eigenvalue weighted by atomic mass is 9.90. The van der Waals surface area contributed by atoms with Crippen LogP contribution in [0.4, 0.5) is 0 Å². The summed E-state index contributed by atoms with van der Waals surface area (Å²) >= 11 is 7.40. The van der Waals surface area contributed by atoms with E-state index in [-0.39, 0.29) is 11.5 Å². The number of ketones is 1. The van der Waals surface area contributed by atoms with E-state index in [9.17, 15) is 9.90 Å². The number of benzene rings is 2. The highest BCUT2D eigenvalue weighted by Gasteiger charge is 2.31. The zero-order chi connectivity index (χ0) is 18.8. The van der Waals surface area contributed by atoms with E-state index < -0.39 is 6.04 Å². The summed E-state index contributed by atoms with van der Waals surface area (Å²) in [6.45, 7) is 1.53. The average molecular weight is 480 g/mol. The molecule has 1 heterocycles. The van der Waals surface area contributed by atoms with Crippen LogP contribution < -0.4 is 15.4 Å². The Kier molecular flexibility index (Phi) is 5.47. The van der Waals surface area contributed by atoms with E-state index in [0.29, 0.717) is 25.7 Å². The number of hydrogen-bond donors (Lipinski definition) is 3. The number of Topliss-reactive ketones (excluding diaryl/α,β-unsaturated/α-hetero) is 1. The molecule has 0 amide bonds. The quantitative estimate of drug-likeness (QED) is 0.460. The Hall–Kier alpha value is -2.13. The van der Waals surface area contributed by atoms with Gasteiger partial charge in [-0.15, -0.1) is 0 Å². The molecular weight excluding hydrogens is 463 g/mol. The Morgan fingerprint density at radius 2 is 1.96 bits per heavy atom. The first-order chi connectivity index (χ1) is 12.4. The van der Waals surface area contributed by atoms with Crippen molar-refractivity contribution in [1.29, 1.82) is 0 Å². The predicted octanol–water partition coefficient (Wildman–Crippen LogP) is 3.52. The standard InChI is InChI=1S/C19H17IN2O3S/c1-10(23)15-16(11-6-4-3-5-7-11)21-19(26)22-17(15)12-8-13(20)18(24)14(9-12)25-2/h3-9,17,24H,1-2H3,(H2,21,22,26)/t17-/m1/s1. The monoisotopic (exact) mass is 480 g/mol. The van der Waals surface area contributed by atoms with Crippen molar-refractivity contribution < 1.29 is 14.6 Å². The largest absolute Gasteiger partial charge is 0.504 e. The number of aromatic hydroxyl groups is 1. The highest BCUT2D eigenvalue weighted by Crippen LogP contribution is 2.38. The fourth-order valence-electron chi connectivity index (χ4n) is 2.94. The summed E-state index contributed by atoms with van der Waals surface area (Å²) in [7, 11) is 1.49. The molecule has 5 nitrogen and oxygen atoms in total. The van der Waals surface area contributed by atoms with Crippen LogP contribution in [0.1, 0.15) is 24.1 Å². The van der Waals surface area contributed by atoms with Crippen molar-refractivity contribution in [2.75, 3.05) is 7.11 Å². The fraction of sp³-hybridized carbons (Fsp3) is 0.158. The molecule has 0 aromatic heterocycles. The molecule has 1 aliphatic heterocycles. The minimum atomic E-state index is -0.445. The molecule has 0 saturated carbocycles. The number of phenolic OH excluding ortho intramolecular Hbond substituents is 1. The Balaban J connectivity index is 2.21. The highest BCUT2D eigenvalue weighted by atomic mass is 127. The minimum absolute atomic E-state index is 0.0709. The molecule has 1 atom stereocenters. The van der Waals surface area contributed by atoms with Crippen LogP contribution in [-0.4, -0.2) is 23.1 Å². The van der Waals surface area contributed by atoms with Crippen LogP contribution >= 0.6 is 34.8 Å². The van der Waals surface area contributed by atoms with Gasteiger partial charge in [-0.05, 0) is 65.0 Å². The van der Waals surface area contributed by atoms with Crippen molar-refractivity contribution >= 4 is 51.4 Å². The van der Waals surface area contributed by atoms with Crippen LogP contribution in [0, 0.1) is 3.57 Å². The molecule has 1 aliphatic rings. The SMILES string of the molecule is COc1cc([C@H]2NC(=S)NC(c3ccccc3)=C2C(C)=O)cc(I)c1O. The number of halogens is 1. The van der Waals surface area contributed by atoms with Gasteiger partial charge < -0.3 is 20.5 Å². The van der Waals surface area contributed by atoms with Gasteiger partial charge in [-0.1, -0.05) is 30.3 Å². The molecule has 0 fully saturated rings. The first kappa shape index (κ1) is 18.7. The molecule has 0 saturated heterocycles. The third kappa shape index (κ3) is 3.54. The number of rotatable bonds is 4. The number of carbonyl (C=O) groups is 1. The van der Waals surface area contributed by atoms with E-state index in [0.717, 1.165) is 11.1 Å². The third-order valence-electron chi connectivity index (χ3n) is 4.12. The Morgan fingerprint density at radius 1 is 1.27 bits per heavy atom. The number of thiocarbonyl (C=S) groups is 1. The number of phenols is 1. The van der Waals surface area contributed by atoms with Gasteiger partial charge in [0.05, 0.1) is 22.4 Å². The maximum atomic E-state index is 12.5. The van der Waals surface area contributed by atoms with Gasteiger partial charge in [-0.25, -0.2) is 0 Å². The van der Waals surface area contributed by atoms with Gasteiger partial charge in [0.1, 0.15) is 0 Å². The van der Waals surface area contributed by atoms with Gasteiger partial charge in [0.25, 0.3) is 0 Å². The van der Waals surface area contributed by atoms with E-state index in [4.69, 9.17) is 17.0 Å². The predicted molar refractivity (Wildman–Crippen MR) is 113 cm³/mol. The molecule has 0 unspecified atom stereocenters. The van der Waals surface area contributed by atoms with Crippen molar-refractivity contribution in [2.24, 2.45) is 0 Å². The molecule has 0 radical (unpaired) electrons. The first-order valence-corrected chi connectivity index (χ1v) is 9.35. The topological polar surface area (TPSA) is 70.6 Å². The lowest BCUT2D eigenvalue weighted by molar-refractivity contribution is -0.113. The van der Waals surface area contributed by atoms with Gasteiger partial charge in [-0.2, -0.15) is 0 Å². The van der Waals surface area contributed by atoms with E-state index >= 15 is 0 Å². The molecule has 0 aliphatic carbocycles. The maximum absolute atomic E-state index is 12.5. The molecule has 0 spiro atoms. The Morgan fingerprint density at radius 3 is 2.58 bits per heavy atom. The van der Waals surface area contributed by atoms with E-state index in [1.165, 1.54) is 14.0 Å². The third-order valence-corrected chi connectivity index (χ3v) is 5.16. The van der Waals surface area contributed by atoms with Crippen molar-refractivity contribution in [2.45, 2.75) is 13.0 Å². The summed E-state index contributed by atoms with van der Waals surface area (Å²) in [4.78, 5) is 12.5.